The first-order chi connectivity index (χ1) is 20.5. The number of hydrogen-bond acceptors (Lipinski definition) is 6. The van der Waals surface area contributed by atoms with Crippen LogP contribution in [0.4, 0.5) is 18.9 Å². The zero-order valence-electron chi connectivity index (χ0n) is 22.9. The molecule has 2 saturated heterocycles. The van der Waals surface area contributed by atoms with Crippen LogP contribution in [0.25, 0.3) is 0 Å². The fourth-order valence-corrected chi connectivity index (χ4v) is 5.70. The molecule has 3 heterocycles. The van der Waals surface area contributed by atoms with Crippen LogP contribution in [-0.2, 0) is 32.2 Å². The molecule has 2 N–H and O–H groups in total. The van der Waals surface area contributed by atoms with E-state index in [1.54, 1.807) is 28.8 Å². The Morgan fingerprint density at radius 3 is 2.35 bits per heavy atom. The summed E-state index contributed by atoms with van der Waals surface area (Å²) in [6.45, 7) is 2.11. The van der Waals surface area contributed by atoms with Crippen molar-refractivity contribution in [1.82, 2.24) is 14.5 Å². The Morgan fingerprint density at radius 1 is 1.07 bits per heavy atom. The van der Waals surface area contributed by atoms with Crippen molar-refractivity contribution in [2.24, 2.45) is 5.92 Å². The summed E-state index contributed by atoms with van der Waals surface area (Å²) in [5.41, 5.74) is 2.63. The highest BCUT2D eigenvalue weighted by Crippen LogP contribution is 2.42. The Morgan fingerprint density at radius 2 is 1.74 bits per heavy atom. The molecule has 0 spiro atoms. The first kappa shape index (κ1) is 31.3. The molecular weight excluding hydrogens is 612 g/mol. The van der Waals surface area contributed by atoms with Crippen molar-refractivity contribution in [1.29, 1.82) is 0 Å². The number of anilines is 1. The smallest absolute Gasteiger partial charge is 0.392 e. The topological polar surface area (TPSA) is 106 Å². The van der Waals surface area contributed by atoms with Crippen LogP contribution in [0, 0.1) is 5.92 Å². The normalized spacial score (nSPS) is 24.3. The van der Waals surface area contributed by atoms with Crippen LogP contribution >= 0.6 is 23.2 Å². The van der Waals surface area contributed by atoms with Crippen molar-refractivity contribution in [3.8, 4) is 0 Å². The summed E-state index contributed by atoms with van der Waals surface area (Å²) in [4.78, 5) is 29.2. The number of halogens is 5. The average Bonchev–Trinajstić information content (AvgIpc) is 3.60. The van der Waals surface area contributed by atoms with Crippen LogP contribution in [-0.4, -0.2) is 56.2 Å². The number of amides is 2. The van der Waals surface area contributed by atoms with E-state index < -0.39 is 36.4 Å². The molecule has 3 aromatic rings. The molecule has 5 atom stereocenters. The van der Waals surface area contributed by atoms with Crippen LogP contribution in [0.3, 0.4) is 0 Å². The van der Waals surface area contributed by atoms with Gasteiger partial charge in [0.15, 0.2) is 11.4 Å². The lowest BCUT2D eigenvalue weighted by molar-refractivity contribution is -0.276. The monoisotopic (exact) mass is 640 g/mol. The number of nitrogens with one attached hydrogen (secondary N) is 1. The third-order valence-electron chi connectivity index (χ3n) is 7.74. The van der Waals surface area contributed by atoms with Crippen LogP contribution < -0.4 is 5.32 Å². The lowest BCUT2D eigenvalue weighted by atomic mass is 9.90. The van der Waals surface area contributed by atoms with E-state index in [0.29, 0.717) is 29.1 Å². The maximum absolute atomic E-state index is 13.0. The molecular formula is C29H29Cl2F3N4O5. The number of carbonyl (C=O) groups is 2. The van der Waals surface area contributed by atoms with Crippen molar-refractivity contribution in [2.45, 2.75) is 63.6 Å². The highest BCUT2D eigenvalue weighted by atomic mass is 35.5. The number of aliphatic hydroxyl groups excluding tert-OH is 1. The van der Waals surface area contributed by atoms with Gasteiger partial charge in [0.1, 0.15) is 11.2 Å². The number of carbonyl (C=O) groups excluding carboxylic acids is 2. The molecule has 0 aliphatic carbocycles. The largest absolute Gasteiger partial charge is 0.471 e. The second-order valence-electron chi connectivity index (χ2n) is 10.6. The summed E-state index contributed by atoms with van der Waals surface area (Å²) in [5, 5.41) is 12.5. The Hall–Kier alpha value is -3.16. The van der Waals surface area contributed by atoms with Crippen LogP contribution in [0.1, 0.15) is 48.8 Å². The van der Waals surface area contributed by atoms with E-state index in [2.05, 4.69) is 10.3 Å². The number of likely N-dealkylation sites (tertiary alicyclic amines) is 1. The maximum atomic E-state index is 13.0. The third-order valence-corrected chi connectivity index (χ3v) is 8.51. The van der Waals surface area contributed by atoms with Gasteiger partial charge in [-0.1, -0.05) is 66.5 Å². The third kappa shape index (κ3) is 6.83. The standard InChI is InChI=1S/C29H29Cl2F3N4O5/c1-16-22(13-37-15-35-24(30)25(37)31)42-27(43-23(16)18-6-4-17(14-39)5-7-18)19-8-10-20(11-9-19)36-26(40)21-3-2-12-38(21)28(41)29(32,33)34/h4-11,15-16,21-23,27,39H,2-3,12-14H2,1H3,(H,36,40)/t16-,21-,22+,23+,27+/m0/s1. The molecule has 14 heteroatoms. The molecule has 43 heavy (non-hydrogen) atoms. The molecule has 2 aliphatic rings. The molecule has 2 aromatic carbocycles. The van der Waals surface area contributed by atoms with E-state index in [1.165, 1.54) is 6.33 Å². The highest BCUT2D eigenvalue weighted by Gasteiger charge is 2.47. The van der Waals surface area contributed by atoms with Crippen LogP contribution in [0.15, 0.2) is 54.9 Å². The predicted octanol–water partition coefficient (Wildman–Crippen LogP) is 5.67. The van der Waals surface area contributed by atoms with Gasteiger partial charge in [-0.15, -0.1) is 0 Å². The molecule has 5 rings (SSSR count). The molecule has 0 radical (unpaired) electrons. The van der Waals surface area contributed by atoms with Crippen molar-refractivity contribution in [2.75, 3.05) is 11.9 Å². The zero-order chi connectivity index (χ0) is 30.9. The number of aromatic nitrogens is 2. The van der Waals surface area contributed by atoms with E-state index in [9.17, 15) is 27.9 Å². The molecule has 2 fully saturated rings. The second kappa shape index (κ2) is 12.8. The van der Waals surface area contributed by atoms with Crippen molar-refractivity contribution in [3.63, 3.8) is 0 Å². The summed E-state index contributed by atoms with van der Waals surface area (Å²) in [6, 6.07) is 12.8. The maximum Gasteiger partial charge on any atom is 0.471 e. The molecule has 2 amide bonds. The molecule has 0 saturated carbocycles. The minimum Gasteiger partial charge on any atom is -0.392 e. The summed E-state index contributed by atoms with van der Waals surface area (Å²) >= 11 is 12.4. The average molecular weight is 641 g/mol. The number of hydrogen-bond donors (Lipinski definition) is 2. The van der Waals surface area contributed by atoms with Gasteiger partial charge in [-0.25, -0.2) is 4.98 Å². The van der Waals surface area contributed by atoms with E-state index in [-0.39, 0.29) is 41.9 Å². The summed E-state index contributed by atoms with van der Waals surface area (Å²) in [5.74, 6) is -2.85. The molecule has 0 unspecified atom stereocenters. The Bertz CT molecular complexity index is 1450. The predicted molar refractivity (Wildman–Crippen MR) is 151 cm³/mol. The number of ether oxygens (including phenoxy) is 2. The van der Waals surface area contributed by atoms with Crippen LogP contribution in [0.5, 0.6) is 0 Å². The number of benzene rings is 2. The van der Waals surface area contributed by atoms with Gasteiger partial charge in [-0.3, -0.25) is 9.59 Å². The fraction of sp³-hybridized carbons (Fsp3) is 0.414. The quantitative estimate of drug-likeness (QED) is 0.345. The van der Waals surface area contributed by atoms with E-state index in [0.717, 1.165) is 11.1 Å². The van der Waals surface area contributed by atoms with Gasteiger partial charge in [0.05, 0.1) is 31.7 Å². The van der Waals surface area contributed by atoms with Gasteiger partial charge in [-0.05, 0) is 36.1 Å². The minimum absolute atomic E-state index is 0.0874. The van der Waals surface area contributed by atoms with Gasteiger partial charge in [0, 0.05) is 23.7 Å². The molecule has 2 aliphatic heterocycles. The Balaban J connectivity index is 1.33. The van der Waals surface area contributed by atoms with Crippen molar-refractivity contribution >= 4 is 40.7 Å². The lowest BCUT2D eigenvalue weighted by Crippen LogP contribution is -2.48. The number of rotatable bonds is 7. The van der Waals surface area contributed by atoms with Gasteiger partial charge >= 0.3 is 12.1 Å². The highest BCUT2D eigenvalue weighted by molar-refractivity contribution is 6.40. The van der Waals surface area contributed by atoms with E-state index in [1.807, 2.05) is 31.2 Å². The van der Waals surface area contributed by atoms with Gasteiger partial charge in [-0.2, -0.15) is 13.2 Å². The molecule has 0 bridgehead atoms. The lowest BCUT2D eigenvalue weighted by Gasteiger charge is -2.41. The van der Waals surface area contributed by atoms with Crippen LogP contribution in [0.2, 0.25) is 10.3 Å². The zero-order valence-corrected chi connectivity index (χ0v) is 24.4. The van der Waals surface area contributed by atoms with Crippen molar-refractivity contribution in [3.05, 3.63) is 81.9 Å². The number of alkyl halides is 3. The SMILES string of the molecule is C[C@H]1[C@@H](Cn2cnc(Cl)c2Cl)O[C@@H](c2ccc(NC(=O)[C@@H]3CCCN3C(=O)C(F)(F)F)cc2)O[C@H]1c1ccc(CO)cc1. The van der Waals surface area contributed by atoms with Gasteiger partial charge in [0.2, 0.25) is 5.91 Å². The molecule has 1 aromatic heterocycles. The van der Waals surface area contributed by atoms with Crippen molar-refractivity contribution < 1.29 is 37.3 Å². The van der Waals surface area contributed by atoms with E-state index >= 15 is 0 Å². The van der Waals surface area contributed by atoms with Gasteiger partial charge < -0.3 is 29.4 Å². The molecule has 230 valence electrons. The number of imidazole rings is 1. The van der Waals surface area contributed by atoms with E-state index in [4.69, 9.17) is 32.7 Å². The first-order valence-corrected chi connectivity index (χ1v) is 14.4. The number of nitrogens with zero attached hydrogens (tertiary/aromatic N) is 3. The minimum atomic E-state index is -5.05. The summed E-state index contributed by atoms with van der Waals surface area (Å²) < 4.78 is 53.4. The second-order valence-corrected chi connectivity index (χ2v) is 11.3. The number of aliphatic hydroxyl groups is 1. The summed E-state index contributed by atoms with van der Waals surface area (Å²) in [6.07, 6.45) is -4.68. The van der Waals surface area contributed by atoms with Gasteiger partial charge in [0.25, 0.3) is 0 Å². The molecule has 9 nitrogen and oxygen atoms in total. The fourth-order valence-electron chi connectivity index (χ4n) is 5.39. The Labute approximate surface area is 255 Å². The Kier molecular flexibility index (Phi) is 9.33. The first-order valence-electron chi connectivity index (χ1n) is 13.6. The summed E-state index contributed by atoms with van der Waals surface area (Å²) in [7, 11) is 0.